The molecule has 2 aromatic rings. The molecule has 7 nitrogen and oxygen atoms in total. The Labute approximate surface area is 153 Å². The molecule has 0 fully saturated rings. The fourth-order valence-corrected chi connectivity index (χ4v) is 3.57. The highest BCUT2D eigenvalue weighted by atomic mass is 32.2. The van der Waals surface area contributed by atoms with Gasteiger partial charge in [-0.25, -0.2) is 13.8 Å². The van der Waals surface area contributed by atoms with Crippen LogP contribution >= 0.6 is 0 Å². The van der Waals surface area contributed by atoms with E-state index in [-0.39, 0.29) is 4.90 Å². The fourth-order valence-electron chi connectivity index (χ4n) is 2.14. The Morgan fingerprint density at radius 3 is 2.42 bits per heavy atom. The predicted octanol–water partition coefficient (Wildman–Crippen LogP) is 2.40. The van der Waals surface area contributed by atoms with Gasteiger partial charge >= 0.3 is 0 Å². The minimum absolute atomic E-state index is 0.0887. The van der Waals surface area contributed by atoms with E-state index in [9.17, 15) is 13.2 Å². The van der Waals surface area contributed by atoms with Gasteiger partial charge in [0.1, 0.15) is 12.3 Å². The first-order valence-corrected chi connectivity index (χ1v) is 9.30. The number of hydrogen-bond acceptors (Lipinski definition) is 5. The second-order valence-corrected chi connectivity index (χ2v) is 7.48. The minimum Gasteiger partial charge on any atom is -0.497 e. The fraction of sp³-hybridized carbons (Fsp3) is 0.222. The van der Waals surface area contributed by atoms with Crippen LogP contribution in [0.4, 0.5) is 5.69 Å². The maximum atomic E-state index is 13.1. The monoisotopic (exact) mass is 375 g/mol. The number of amides is 1. The van der Waals surface area contributed by atoms with Gasteiger partial charge in [0, 0.05) is 11.8 Å². The highest BCUT2D eigenvalue weighted by Crippen LogP contribution is 2.26. The molecular formula is C18H21N3O4S. The van der Waals surface area contributed by atoms with E-state index in [1.54, 1.807) is 56.3 Å². The molecule has 0 unspecified atom stereocenters. The van der Waals surface area contributed by atoms with E-state index in [2.05, 4.69) is 10.5 Å². The zero-order chi connectivity index (χ0) is 19.2. The van der Waals surface area contributed by atoms with Crippen LogP contribution in [-0.4, -0.2) is 33.7 Å². The first-order valence-electron chi connectivity index (χ1n) is 7.86. The smallest absolute Gasteiger partial charge is 0.264 e. The van der Waals surface area contributed by atoms with Crippen molar-refractivity contribution in [1.82, 2.24) is 5.43 Å². The van der Waals surface area contributed by atoms with E-state index in [0.717, 1.165) is 4.31 Å². The van der Waals surface area contributed by atoms with Crippen molar-refractivity contribution in [3.05, 3.63) is 54.6 Å². The molecule has 0 saturated heterocycles. The van der Waals surface area contributed by atoms with Crippen molar-refractivity contribution in [1.29, 1.82) is 0 Å². The Balaban J connectivity index is 2.44. The van der Waals surface area contributed by atoms with Crippen molar-refractivity contribution in [2.45, 2.75) is 18.7 Å². The molecule has 2 rings (SSSR count). The predicted molar refractivity (Wildman–Crippen MR) is 101 cm³/mol. The molecule has 0 atom stereocenters. The average Bonchev–Trinajstić information content (AvgIpc) is 2.65. The van der Waals surface area contributed by atoms with E-state index in [4.69, 9.17) is 4.74 Å². The van der Waals surface area contributed by atoms with Gasteiger partial charge in [0.25, 0.3) is 15.9 Å². The van der Waals surface area contributed by atoms with Crippen LogP contribution in [0, 0.1) is 0 Å². The lowest BCUT2D eigenvalue weighted by Crippen LogP contribution is -2.39. The quantitative estimate of drug-likeness (QED) is 0.595. The summed E-state index contributed by atoms with van der Waals surface area (Å²) in [7, 11) is -2.46. The van der Waals surface area contributed by atoms with Crippen LogP contribution < -0.4 is 14.5 Å². The van der Waals surface area contributed by atoms with E-state index in [1.807, 2.05) is 0 Å². The van der Waals surface area contributed by atoms with Crippen molar-refractivity contribution in [2.24, 2.45) is 5.10 Å². The molecule has 0 aromatic heterocycles. The number of hydrogen-bond donors (Lipinski definition) is 1. The SMILES string of the molecule is COc1cccc(N(CC(=O)NN=C(C)C)S(=O)(=O)c2ccccc2)c1. The molecule has 1 amide bonds. The number of nitrogens with zero attached hydrogens (tertiary/aromatic N) is 2. The maximum Gasteiger partial charge on any atom is 0.264 e. The van der Waals surface area contributed by atoms with Crippen LogP contribution in [0.1, 0.15) is 13.8 Å². The van der Waals surface area contributed by atoms with Crippen molar-refractivity contribution in [3.63, 3.8) is 0 Å². The molecule has 1 N–H and O–H groups in total. The van der Waals surface area contributed by atoms with Gasteiger partial charge in [-0.15, -0.1) is 0 Å². The topological polar surface area (TPSA) is 88.1 Å². The Bertz CT molecular complexity index is 892. The maximum absolute atomic E-state index is 13.1. The molecule has 138 valence electrons. The lowest BCUT2D eigenvalue weighted by molar-refractivity contribution is -0.119. The number of sulfonamides is 1. The molecule has 0 aliphatic carbocycles. The molecule has 8 heteroatoms. The summed E-state index contributed by atoms with van der Waals surface area (Å²) < 4.78 is 32.3. The van der Waals surface area contributed by atoms with Crippen LogP contribution in [0.3, 0.4) is 0 Å². The van der Waals surface area contributed by atoms with E-state index < -0.39 is 22.5 Å². The second kappa shape index (κ2) is 8.48. The zero-order valence-electron chi connectivity index (χ0n) is 14.8. The van der Waals surface area contributed by atoms with E-state index >= 15 is 0 Å². The van der Waals surface area contributed by atoms with Crippen LogP contribution in [-0.2, 0) is 14.8 Å². The molecule has 0 radical (unpaired) electrons. The summed E-state index contributed by atoms with van der Waals surface area (Å²) in [6.07, 6.45) is 0. The second-order valence-electron chi connectivity index (χ2n) is 5.62. The standard InChI is InChI=1S/C18H21N3O4S/c1-14(2)19-20-18(22)13-21(15-8-7-9-16(12-15)25-3)26(23,24)17-10-5-4-6-11-17/h4-12H,13H2,1-3H3,(H,20,22). The van der Waals surface area contributed by atoms with Crippen LogP contribution in [0.2, 0.25) is 0 Å². The van der Waals surface area contributed by atoms with E-state index in [1.165, 1.54) is 19.2 Å². The Morgan fingerprint density at radius 2 is 1.81 bits per heavy atom. The van der Waals surface area contributed by atoms with E-state index in [0.29, 0.717) is 17.1 Å². The number of carbonyl (C=O) groups is 1. The molecule has 0 aliphatic heterocycles. The molecule has 26 heavy (non-hydrogen) atoms. The normalized spacial score (nSPS) is 10.7. The van der Waals surface area contributed by atoms with Crippen LogP contribution in [0.5, 0.6) is 5.75 Å². The number of rotatable bonds is 7. The molecule has 0 aliphatic rings. The molecule has 0 bridgehead atoms. The third kappa shape index (κ3) is 4.82. The van der Waals surface area contributed by atoms with Gasteiger partial charge in [0.2, 0.25) is 0 Å². The van der Waals surface area contributed by atoms with Gasteiger partial charge in [-0.2, -0.15) is 5.10 Å². The number of anilines is 1. The molecule has 2 aromatic carbocycles. The van der Waals surface area contributed by atoms with Gasteiger partial charge in [-0.05, 0) is 38.1 Å². The van der Waals surface area contributed by atoms with Gasteiger partial charge < -0.3 is 4.74 Å². The number of methoxy groups -OCH3 is 1. The molecular weight excluding hydrogens is 354 g/mol. The number of benzene rings is 2. The third-order valence-corrected chi connectivity index (χ3v) is 5.15. The highest BCUT2D eigenvalue weighted by molar-refractivity contribution is 7.92. The van der Waals surface area contributed by atoms with Crippen molar-refractivity contribution in [2.75, 3.05) is 18.0 Å². The number of ether oxygens (including phenoxy) is 1. The van der Waals surface area contributed by atoms with Gasteiger partial charge in [0.15, 0.2) is 0 Å². The summed E-state index contributed by atoms with van der Waals surface area (Å²) >= 11 is 0. The molecule has 0 heterocycles. The van der Waals surface area contributed by atoms with Gasteiger partial charge in [-0.1, -0.05) is 24.3 Å². The Hall–Kier alpha value is -2.87. The summed E-state index contributed by atoms with van der Waals surface area (Å²) in [4.78, 5) is 12.3. The summed E-state index contributed by atoms with van der Waals surface area (Å²) in [5, 5.41) is 3.83. The van der Waals surface area contributed by atoms with Gasteiger partial charge in [-0.3, -0.25) is 9.10 Å². The van der Waals surface area contributed by atoms with Crippen molar-refractivity contribution < 1.29 is 17.9 Å². The zero-order valence-corrected chi connectivity index (χ0v) is 15.7. The lowest BCUT2D eigenvalue weighted by Gasteiger charge is -2.24. The highest BCUT2D eigenvalue weighted by Gasteiger charge is 2.27. The van der Waals surface area contributed by atoms with Crippen molar-refractivity contribution in [3.8, 4) is 5.75 Å². The Kier molecular flexibility index (Phi) is 6.35. The van der Waals surface area contributed by atoms with Gasteiger partial charge in [0.05, 0.1) is 17.7 Å². The number of nitrogens with one attached hydrogen (secondary N) is 1. The van der Waals surface area contributed by atoms with Crippen molar-refractivity contribution >= 4 is 27.3 Å². The minimum atomic E-state index is -3.94. The summed E-state index contributed by atoms with van der Waals surface area (Å²) in [6.45, 7) is 3.03. The lowest BCUT2D eigenvalue weighted by atomic mass is 10.3. The molecule has 0 spiro atoms. The van der Waals surface area contributed by atoms with Crippen LogP contribution in [0.15, 0.2) is 64.6 Å². The Morgan fingerprint density at radius 1 is 1.12 bits per heavy atom. The summed E-state index contributed by atoms with van der Waals surface area (Å²) in [6, 6.07) is 14.5. The number of carbonyl (C=O) groups excluding carboxylic acids is 1. The first kappa shape index (κ1) is 19.5. The number of hydrazone groups is 1. The summed E-state index contributed by atoms with van der Waals surface area (Å²) in [5.74, 6) is -0.0629. The first-order chi connectivity index (χ1) is 12.3. The van der Waals surface area contributed by atoms with Crippen LogP contribution in [0.25, 0.3) is 0 Å². The summed E-state index contributed by atoms with van der Waals surface area (Å²) in [5.41, 5.74) is 3.32. The largest absolute Gasteiger partial charge is 0.497 e. The molecule has 0 saturated carbocycles. The third-order valence-electron chi connectivity index (χ3n) is 3.36. The average molecular weight is 375 g/mol.